The molecule has 2 aliphatic heterocycles. The first kappa shape index (κ1) is 22.9. The summed E-state index contributed by atoms with van der Waals surface area (Å²) >= 11 is 6.25. The zero-order valence-electron chi connectivity index (χ0n) is 19.3. The Hall–Kier alpha value is -2.90. The van der Waals surface area contributed by atoms with Gasteiger partial charge in [-0.05, 0) is 56.0 Å². The molecule has 0 saturated carbocycles. The molecule has 3 aromatic rings. The first-order valence-electron chi connectivity index (χ1n) is 12.1. The summed E-state index contributed by atoms with van der Waals surface area (Å²) in [6.45, 7) is 4.91. The predicted molar refractivity (Wildman–Crippen MR) is 133 cm³/mol. The van der Waals surface area contributed by atoms with Gasteiger partial charge < -0.3 is 14.7 Å². The van der Waals surface area contributed by atoms with Gasteiger partial charge in [-0.15, -0.1) is 0 Å². The monoisotopic (exact) mass is 479 g/mol. The molecule has 8 heteroatoms. The molecule has 1 amide bonds. The lowest BCUT2D eigenvalue weighted by Crippen LogP contribution is -2.43. The molecule has 0 spiro atoms. The summed E-state index contributed by atoms with van der Waals surface area (Å²) in [6.07, 6.45) is 3.95. The van der Waals surface area contributed by atoms with Crippen molar-refractivity contribution < 1.29 is 9.32 Å². The molecule has 5 rings (SSSR count). The number of carbonyl (C=O) groups is 1. The van der Waals surface area contributed by atoms with E-state index in [9.17, 15) is 4.79 Å². The van der Waals surface area contributed by atoms with Crippen LogP contribution in [0.5, 0.6) is 0 Å². The highest BCUT2D eigenvalue weighted by Crippen LogP contribution is 2.27. The van der Waals surface area contributed by atoms with Gasteiger partial charge in [0.2, 0.25) is 17.6 Å². The van der Waals surface area contributed by atoms with Crippen molar-refractivity contribution in [2.75, 3.05) is 37.6 Å². The fourth-order valence-corrected chi connectivity index (χ4v) is 5.16. The number of nitrogens with zero attached hydrogens (tertiary/aromatic N) is 4. The Labute approximate surface area is 205 Å². The summed E-state index contributed by atoms with van der Waals surface area (Å²) in [5.41, 5.74) is 3.53. The average Bonchev–Trinajstić information content (AvgIpc) is 3.49. The second-order valence-corrected chi connectivity index (χ2v) is 9.48. The zero-order chi connectivity index (χ0) is 23.3. The summed E-state index contributed by atoms with van der Waals surface area (Å²) in [5, 5.41) is 7.84. The minimum atomic E-state index is -0.00720. The fourth-order valence-electron chi connectivity index (χ4n) is 4.94. The zero-order valence-corrected chi connectivity index (χ0v) is 20.0. The molecule has 1 saturated heterocycles. The van der Waals surface area contributed by atoms with Gasteiger partial charge >= 0.3 is 0 Å². The Kier molecular flexibility index (Phi) is 7.11. The van der Waals surface area contributed by atoms with E-state index in [-0.39, 0.29) is 11.8 Å². The minimum absolute atomic E-state index is 0.00720. The molecule has 1 N–H and O–H groups in total. The maximum atomic E-state index is 12.8. The van der Waals surface area contributed by atoms with Crippen LogP contribution in [-0.4, -0.2) is 53.7 Å². The highest BCUT2D eigenvalue weighted by molar-refractivity contribution is 6.33. The number of aromatic nitrogens is 2. The molecule has 0 radical (unpaired) electrons. The molecule has 0 aliphatic carbocycles. The maximum Gasteiger partial charge on any atom is 0.241 e. The lowest BCUT2D eigenvalue weighted by Gasteiger charge is -2.31. The molecule has 0 bridgehead atoms. The normalized spacial score (nSPS) is 18.1. The number of benzene rings is 2. The number of hydrogen-bond acceptors (Lipinski definition) is 6. The number of para-hydroxylation sites is 1. The van der Waals surface area contributed by atoms with Crippen LogP contribution >= 0.6 is 11.6 Å². The Morgan fingerprint density at radius 1 is 1.15 bits per heavy atom. The molecule has 178 valence electrons. The molecule has 34 heavy (non-hydrogen) atoms. The Morgan fingerprint density at radius 3 is 2.91 bits per heavy atom. The first-order valence-corrected chi connectivity index (χ1v) is 12.5. The number of rotatable bonds is 8. The van der Waals surface area contributed by atoms with Gasteiger partial charge in [0, 0.05) is 37.4 Å². The van der Waals surface area contributed by atoms with E-state index in [0.29, 0.717) is 36.4 Å². The second kappa shape index (κ2) is 10.6. The summed E-state index contributed by atoms with van der Waals surface area (Å²) in [7, 11) is 0. The lowest BCUT2D eigenvalue weighted by molar-refractivity contribution is -0.126. The molecule has 1 unspecified atom stereocenters. The van der Waals surface area contributed by atoms with E-state index in [0.717, 1.165) is 50.9 Å². The van der Waals surface area contributed by atoms with E-state index < -0.39 is 0 Å². The number of carbonyl (C=O) groups excluding carboxylic acids is 1. The predicted octanol–water partition coefficient (Wildman–Crippen LogP) is 4.17. The van der Waals surface area contributed by atoms with Crippen LogP contribution in [0.1, 0.15) is 30.7 Å². The first-order chi connectivity index (χ1) is 16.7. The van der Waals surface area contributed by atoms with Gasteiger partial charge in [0.1, 0.15) is 0 Å². The standard InChI is InChI=1S/C26H30ClN5O2/c27-22-10-3-2-9-21(22)25-29-24(34-30-25)18-31-14-5-8-20(17-31)26(33)28-13-6-15-32-16-12-19-7-1-4-11-23(19)32/h1-4,7,9-11,20H,5-6,8,12-18H2,(H,28,33). The molecule has 2 aromatic carbocycles. The average molecular weight is 480 g/mol. The van der Waals surface area contributed by atoms with Crippen LogP contribution in [0, 0.1) is 5.92 Å². The highest BCUT2D eigenvalue weighted by atomic mass is 35.5. The number of hydrogen-bond donors (Lipinski definition) is 1. The highest BCUT2D eigenvalue weighted by Gasteiger charge is 2.27. The van der Waals surface area contributed by atoms with E-state index in [4.69, 9.17) is 16.1 Å². The summed E-state index contributed by atoms with van der Waals surface area (Å²) in [5.74, 6) is 1.18. The minimum Gasteiger partial charge on any atom is -0.371 e. The number of fused-ring (bicyclic) bond motifs is 1. The molecule has 2 aliphatic rings. The second-order valence-electron chi connectivity index (χ2n) is 9.08. The van der Waals surface area contributed by atoms with Crippen molar-refractivity contribution in [3.05, 3.63) is 65.0 Å². The van der Waals surface area contributed by atoms with E-state index in [2.05, 4.69) is 49.5 Å². The Bertz CT molecular complexity index is 1130. The third-order valence-electron chi connectivity index (χ3n) is 6.71. The molecule has 1 fully saturated rings. The van der Waals surface area contributed by atoms with Crippen molar-refractivity contribution >= 4 is 23.2 Å². The van der Waals surface area contributed by atoms with Gasteiger partial charge in [0.25, 0.3) is 0 Å². The maximum absolute atomic E-state index is 12.8. The van der Waals surface area contributed by atoms with Crippen molar-refractivity contribution in [2.24, 2.45) is 5.92 Å². The van der Waals surface area contributed by atoms with Crippen LogP contribution in [0.2, 0.25) is 5.02 Å². The van der Waals surface area contributed by atoms with Crippen LogP contribution in [0.3, 0.4) is 0 Å². The number of nitrogens with one attached hydrogen (secondary N) is 1. The molecular weight excluding hydrogens is 450 g/mol. The van der Waals surface area contributed by atoms with Crippen LogP contribution < -0.4 is 10.2 Å². The van der Waals surface area contributed by atoms with E-state index in [1.165, 1.54) is 11.3 Å². The summed E-state index contributed by atoms with van der Waals surface area (Å²) in [4.78, 5) is 22.0. The van der Waals surface area contributed by atoms with Crippen molar-refractivity contribution in [3.8, 4) is 11.4 Å². The number of halogens is 1. The van der Waals surface area contributed by atoms with Crippen LogP contribution in [-0.2, 0) is 17.8 Å². The fraction of sp³-hybridized carbons (Fsp3) is 0.423. The van der Waals surface area contributed by atoms with E-state index >= 15 is 0 Å². The quantitative estimate of drug-likeness (QED) is 0.489. The molecular formula is C26H30ClN5O2. The van der Waals surface area contributed by atoms with Crippen molar-refractivity contribution in [1.82, 2.24) is 20.4 Å². The van der Waals surface area contributed by atoms with Gasteiger partial charge in [-0.2, -0.15) is 4.98 Å². The third-order valence-corrected chi connectivity index (χ3v) is 7.04. The van der Waals surface area contributed by atoms with Gasteiger partial charge in [-0.3, -0.25) is 9.69 Å². The van der Waals surface area contributed by atoms with Crippen LogP contribution in [0.4, 0.5) is 5.69 Å². The summed E-state index contributed by atoms with van der Waals surface area (Å²) < 4.78 is 5.46. The molecule has 1 atom stereocenters. The van der Waals surface area contributed by atoms with Crippen molar-refractivity contribution in [1.29, 1.82) is 0 Å². The number of amides is 1. The third kappa shape index (κ3) is 5.26. The molecule has 7 nitrogen and oxygen atoms in total. The van der Waals surface area contributed by atoms with Crippen LogP contribution in [0.25, 0.3) is 11.4 Å². The SMILES string of the molecule is O=C(NCCCN1CCc2ccccc21)C1CCCN(Cc2nc(-c3ccccc3Cl)no2)C1. The van der Waals surface area contributed by atoms with Crippen LogP contribution in [0.15, 0.2) is 53.1 Å². The Balaban J connectivity index is 1.07. The molecule has 1 aromatic heterocycles. The van der Waals surface area contributed by atoms with Gasteiger partial charge in [-0.25, -0.2) is 0 Å². The smallest absolute Gasteiger partial charge is 0.241 e. The molecule has 3 heterocycles. The van der Waals surface area contributed by atoms with Crippen molar-refractivity contribution in [3.63, 3.8) is 0 Å². The van der Waals surface area contributed by atoms with Gasteiger partial charge in [-0.1, -0.05) is 47.1 Å². The largest absolute Gasteiger partial charge is 0.371 e. The number of likely N-dealkylation sites (tertiary alicyclic amines) is 1. The van der Waals surface area contributed by atoms with Gasteiger partial charge in [0.05, 0.1) is 17.5 Å². The van der Waals surface area contributed by atoms with E-state index in [1.54, 1.807) is 0 Å². The topological polar surface area (TPSA) is 74.5 Å². The number of anilines is 1. The van der Waals surface area contributed by atoms with Gasteiger partial charge in [0.15, 0.2) is 0 Å². The van der Waals surface area contributed by atoms with E-state index in [1.807, 2.05) is 24.3 Å². The number of piperidine rings is 1. The van der Waals surface area contributed by atoms with Crippen molar-refractivity contribution in [2.45, 2.75) is 32.2 Å². The summed E-state index contributed by atoms with van der Waals surface area (Å²) in [6, 6.07) is 16.1. The Morgan fingerprint density at radius 2 is 2.00 bits per heavy atom. The lowest BCUT2D eigenvalue weighted by atomic mass is 9.97.